The Hall–Kier alpha value is -0.610. The average Bonchev–Trinajstić information content (AvgIpc) is 2.70. The number of nitrogens with zero attached hydrogens (tertiary/aromatic N) is 3. The van der Waals surface area contributed by atoms with Gasteiger partial charge >= 0.3 is 0 Å². The first kappa shape index (κ1) is 12.5. The van der Waals surface area contributed by atoms with Crippen molar-refractivity contribution in [3.05, 3.63) is 12.2 Å². The van der Waals surface area contributed by atoms with Crippen LogP contribution in [-0.2, 0) is 17.2 Å². The number of hydrogen-bond donors (Lipinski definition) is 0. The summed E-state index contributed by atoms with van der Waals surface area (Å²) in [7, 11) is 0. The van der Waals surface area contributed by atoms with Crippen LogP contribution in [0.3, 0.4) is 0 Å². The van der Waals surface area contributed by atoms with Gasteiger partial charge in [-0.1, -0.05) is 13.3 Å². The van der Waals surface area contributed by atoms with Crippen molar-refractivity contribution in [1.29, 1.82) is 0 Å². The number of hydrogen-bond acceptors (Lipinski definition) is 3. The molecule has 0 saturated heterocycles. The molecule has 4 nitrogen and oxygen atoms in total. The monoisotopic (exact) mass is 231 g/mol. The Balaban J connectivity index is 2.09. The number of aryl methyl sites for hydroxylation is 1. The summed E-state index contributed by atoms with van der Waals surface area (Å²) in [5.74, 6) is 1.24. The molecule has 0 bridgehead atoms. The van der Waals surface area contributed by atoms with Crippen molar-refractivity contribution >= 4 is 11.6 Å². The largest absolute Gasteiger partial charge is 0.381 e. The predicted molar refractivity (Wildman–Crippen MR) is 59.9 cm³/mol. The lowest BCUT2D eigenvalue weighted by Crippen LogP contribution is -2.05. The summed E-state index contributed by atoms with van der Waals surface area (Å²) in [5, 5.41) is 7.71. The highest BCUT2D eigenvalue weighted by Gasteiger charge is 2.01. The molecule has 0 aromatic carbocycles. The Morgan fingerprint density at radius 1 is 1.40 bits per heavy atom. The van der Waals surface area contributed by atoms with Gasteiger partial charge in [0.05, 0.1) is 5.88 Å². The van der Waals surface area contributed by atoms with Crippen molar-refractivity contribution in [3.63, 3.8) is 0 Å². The van der Waals surface area contributed by atoms with Gasteiger partial charge in [0.2, 0.25) is 0 Å². The smallest absolute Gasteiger partial charge is 0.147 e. The van der Waals surface area contributed by atoms with E-state index in [0.29, 0.717) is 5.88 Å². The van der Waals surface area contributed by atoms with Gasteiger partial charge in [0.15, 0.2) is 0 Å². The van der Waals surface area contributed by atoms with Gasteiger partial charge in [-0.3, -0.25) is 0 Å². The van der Waals surface area contributed by atoms with Gasteiger partial charge in [-0.2, -0.15) is 0 Å². The van der Waals surface area contributed by atoms with Crippen LogP contribution < -0.4 is 0 Å². The van der Waals surface area contributed by atoms with Crippen LogP contribution in [0, 0.1) is 0 Å². The van der Waals surface area contributed by atoms with E-state index < -0.39 is 0 Å². The topological polar surface area (TPSA) is 39.9 Å². The van der Waals surface area contributed by atoms with Crippen LogP contribution in [0.25, 0.3) is 0 Å². The van der Waals surface area contributed by atoms with Gasteiger partial charge in [-0.15, -0.1) is 21.8 Å². The summed E-state index contributed by atoms with van der Waals surface area (Å²) >= 11 is 5.70. The zero-order valence-electron chi connectivity index (χ0n) is 9.15. The van der Waals surface area contributed by atoms with Gasteiger partial charge in [0.25, 0.3) is 0 Å². The minimum atomic E-state index is 0.413. The lowest BCUT2D eigenvalue weighted by molar-refractivity contribution is 0.126. The van der Waals surface area contributed by atoms with Crippen molar-refractivity contribution in [2.45, 2.75) is 38.6 Å². The highest BCUT2D eigenvalue weighted by Crippen LogP contribution is 2.01. The Labute approximate surface area is 95.6 Å². The molecule has 0 aliphatic heterocycles. The van der Waals surface area contributed by atoms with E-state index in [2.05, 4.69) is 17.1 Å². The maximum atomic E-state index is 5.70. The zero-order valence-corrected chi connectivity index (χ0v) is 9.91. The van der Waals surface area contributed by atoms with E-state index in [1.165, 1.54) is 6.42 Å². The Kier molecular flexibility index (Phi) is 6.36. The van der Waals surface area contributed by atoms with E-state index in [-0.39, 0.29) is 0 Å². The van der Waals surface area contributed by atoms with Gasteiger partial charge in [0, 0.05) is 19.8 Å². The van der Waals surface area contributed by atoms with Crippen LogP contribution in [0.15, 0.2) is 6.33 Å². The summed E-state index contributed by atoms with van der Waals surface area (Å²) in [5.41, 5.74) is 0. The Morgan fingerprint density at radius 2 is 2.20 bits per heavy atom. The average molecular weight is 232 g/mol. The summed E-state index contributed by atoms with van der Waals surface area (Å²) < 4.78 is 7.43. The molecule has 0 fully saturated rings. The highest BCUT2D eigenvalue weighted by molar-refractivity contribution is 6.16. The fraction of sp³-hybridized carbons (Fsp3) is 0.800. The standard InChI is InChI=1S/C10H18ClN3O/c1-2-3-6-15-7-4-5-14-9-12-13-10(14)8-11/h9H,2-8H2,1H3. The quantitative estimate of drug-likeness (QED) is 0.509. The molecular formula is C10H18ClN3O. The second-order valence-corrected chi connectivity index (χ2v) is 3.66. The number of rotatable bonds is 8. The highest BCUT2D eigenvalue weighted by atomic mass is 35.5. The molecule has 0 spiro atoms. The third kappa shape index (κ3) is 4.62. The predicted octanol–water partition coefficient (Wildman–Crippen LogP) is 2.22. The summed E-state index contributed by atoms with van der Waals surface area (Å²) in [6, 6.07) is 0. The van der Waals surface area contributed by atoms with E-state index in [1.807, 2.05) is 4.57 Å². The zero-order chi connectivity index (χ0) is 10.9. The van der Waals surface area contributed by atoms with E-state index in [0.717, 1.165) is 38.4 Å². The third-order valence-corrected chi connectivity index (χ3v) is 2.38. The third-order valence-electron chi connectivity index (χ3n) is 2.15. The van der Waals surface area contributed by atoms with Crippen molar-refractivity contribution in [1.82, 2.24) is 14.8 Å². The molecule has 0 radical (unpaired) electrons. The lowest BCUT2D eigenvalue weighted by Gasteiger charge is -2.05. The second-order valence-electron chi connectivity index (χ2n) is 3.39. The number of alkyl halides is 1. The molecule has 86 valence electrons. The molecule has 0 amide bonds. The molecule has 1 aromatic rings. The number of unbranched alkanes of at least 4 members (excludes halogenated alkanes) is 1. The van der Waals surface area contributed by atoms with Crippen LogP contribution in [0.4, 0.5) is 0 Å². The molecular weight excluding hydrogens is 214 g/mol. The molecule has 1 heterocycles. The molecule has 0 unspecified atom stereocenters. The molecule has 0 saturated carbocycles. The second kappa shape index (κ2) is 7.65. The van der Waals surface area contributed by atoms with Crippen molar-refractivity contribution in [2.24, 2.45) is 0 Å². The van der Waals surface area contributed by atoms with Crippen molar-refractivity contribution in [3.8, 4) is 0 Å². The van der Waals surface area contributed by atoms with E-state index in [4.69, 9.17) is 16.3 Å². The van der Waals surface area contributed by atoms with Gasteiger partial charge < -0.3 is 9.30 Å². The van der Waals surface area contributed by atoms with Crippen LogP contribution in [0.5, 0.6) is 0 Å². The first-order chi connectivity index (χ1) is 7.38. The fourth-order valence-corrected chi connectivity index (χ4v) is 1.46. The maximum absolute atomic E-state index is 5.70. The SMILES string of the molecule is CCCCOCCCn1cnnc1CCl. The first-order valence-electron chi connectivity index (χ1n) is 5.39. The number of halogens is 1. The van der Waals surface area contributed by atoms with E-state index >= 15 is 0 Å². The summed E-state index contributed by atoms with van der Waals surface area (Å²) in [6.45, 7) is 4.69. The Bertz CT molecular complexity index is 265. The van der Waals surface area contributed by atoms with E-state index in [1.54, 1.807) is 6.33 Å². The number of ether oxygens (including phenoxy) is 1. The van der Waals surface area contributed by atoms with Gasteiger partial charge in [0.1, 0.15) is 12.2 Å². The minimum absolute atomic E-state index is 0.413. The number of aromatic nitrogens is 3. The van der Waals surface area contributed by atoms with Gasteiger partial charge in [-0.05, 0) is 12.8 Å². The molecule has 0 aliphatic carbocycles. The van der Waals surface area contributed by atoms with Crippen LogP contribution in [0.1, 0.15) is 32.0 Å². The molecule has 15 heavy (non-hydrogen) atoms. The summed E-state index contributed by atoms with van der Waals surface area (Å²) in [4.78, 5) is 0. The van der Waals surface area contributed by atoms with Crippen LogP contribution in [0.2, 0.25) is 0 Å². The van der Waals surface area contributed by atoms with E-state index in [9.17, 15) is 0 Å². The lowest BCUT2D eigenvalue weighted by atomic mass is 10.3. The molecule has 1 rings (SSSR count). The molecule has 0 atom stereocenters. The maximum Gasteiger partial charge on any atom is 0.147 e. The summed E-state index contributed by atoms with van der Waals surface area (Å²) in [6.07, 6.45) is 5.01. The fourth-order valence-electron chi connectivity index (χ4n) is 1.25. The van der Waals surface area contributed by atoms with Gasteiger partial charge in [-0.25, -0.2) is 0 Å². The molecule has 5 heteroatoms. The van der Waals surface area contributed by atoms with Crippen molar-refractivity contribution in [2.75, 3.05) is 13.2 Å². The van der Waals surface area contributed by atoms with Crippen LogP contribution >= 0.6 is 11.6 Å². The Morgan fingerprint density at radius 3 is 2.93 bits per heavy atom. The van der Waals surface area contributed by atoms with Crippen molar-refractivity contribution < 1.29 is 4.74 Å². The normalized spacial score (nSPS) is 10.8. The minimum Gasteiger partial charge on any atom is -0.381 e. The van der Waals surface area contributed by atoms with Crippen LogP contribution in [-0.4, -0.2) is 28.0 Å². The molecule has 1 aromatic heterocycles. The molecule has 0 aliphatic rings. The molecule has 0 N–H and O–H groups in total. The first-order valence-corrected chi connectivity index (χ1v) is 5.92.